The van der Waals surface area contributed by atoms with E-state index >= 15 is 0 Å². The third-order valence-corrected chi connectivity index (χ3v) is 4.51. The van der Waals surface area contributed by atoms with Crippen molar-refractivity contribution in [3.8, 4) is 0 Å². The molecule has 2 nitrogen and oxygen atoms in total. The number of hydrogen-bond acceptors (Lipinski definition) is 2. The van der Waals surface area contributed by atoms with E-state index in [0.29, 0.717) is 0 Å². The summed E-state index contributed by atoms with van der Waals surface area (Å²) in [4.78, 5) is 2.50. The summed E-state index contributed by atoms with van der Waals surface area (Å²) in [6, 6.07) is 7.98. The SMILES string of the molecule is CCCC1CCN(CCC(O)c2cccc(Br)c2)C1. The topological polar surface area (TPSA) is 23.5 Å². The summed E-state index contributed by atoms with van der Waals surface area (Å²) in [5.74, 6) is 0.882. The number of nitrogens with zero attached hydrogens (tertiary/aromatic N) is 1. The molecular formula is C16H24BrNO. The van der Waals surface area contributed by atoms with Gasteiger partial charge in [0, 0.05) is 17.6 Å². The standard InChI is InChI=1S/C16H24BrNO/c1-2-4-13-7-9-18(12-13)10-8-16(19)14-5-3-6-15(17)11-14/h3,5-6,11,13,16,19H,2,4,7-10,12H2,1H3. The summed E-state index contributed by atoms with van der Waals surface area (Å²) in [6.45, 7) is 5.70. The van der Waals surface area contributed by atoms with E-state index in [-0.39, 0.29) is 6.10 Å². The minimum Gasteiger partial charge on any atom is -0.388 e. The molecule has 0 aliphatic carbocycles. The molecule has 0 saturated carbocycles. The van der Waals surface area contributed by atoms with E-state index in [0.717, 1.165) is 28.9 Å². The lowest BCUT2D eigenvalue weighted by molar-refractivity contribution is 0.147. The fourth-order valence-electron chi connectivity index (χ4n) is 2.95. The Morgan fingerprint density at radius 1 is 1.47 bits per heavy atom. The third-order valence-electron chi connectivity index (χ3n) is 4.02. The first-order valence-electron chi connectivity index (χ1n) is 7.35. The van der Waals surface area contributed by atoms with Gasteiger partial charge in [-0.3, -0.25) is 0 Å². The van der Waals surface area contributed by atoms with Gasteiger partial charge in [-0.2, -0.15) is 0 Å². The number of hydrogen-bond donors (Lipinski definition) is 1. The molecule has 0 bridgehead atoms. The number of halogens is 1. The Labute approximate surface area is 124 Å². The molecule has 1 aliphatic rings. The summed E-state index contributed by atoms with van der Waals surface area (Å²) in [7, 11) is 0. The molecule has 19 heavy (non-hydrogen) atoms. The molecule has 3 heteroatoms. The number of likely N-dealkylation sites (tertiary alicyclic amines) is 1. The Kier molecular flexibility index (Phi) is 5.86. The number of aliphatic hydroxyl groups is 1. The van der Waals surface area contributed by atoms with E-state index in [2.05, 4.69) is 27.8 Å². The van der Waals surface area contributed by atoms with E-state index in [9.17, 15) is 5.11 Å². The predicted molar refractivity (Wildman–Crippen MR) is 83.2 cm³/mol. The predicted octanol–water partition coefficient (Wildman–Crippen LogP) is 3.99. The molecule has 0 radical (unpaired) electrons. The van der Waals surface area contributed by atoms with Crippen LogP contribution >= 0.6 is 15.9 Å². The number of rotatable bonds is 6. The van der Waals surface area contributed by atoms with Crippen LogP contribution in [0.15, 0.2) is 28.7 Å². The van der Waals surface area contributed by atoms with Crippen LogP contribution in [0.25, 0.3) is 0 Å². The first kappa shape index (κ1) is 15.0. The molecule has 1 aromatic carbocycles. The normalized spacial score (nSPS) is 21.7. The maximum atomic E-state index is 10.2. The van der Waals surface area contributed by atoms with Crippen LogP contribution in [0.1, 0.15) is 44.3 Å². The summed E-state index contributed by atoms with van der Waals surface area (Å²) in [6.07, 6.45) is 4.46. The van der Waals surface area contributed by atoms with E-state index in [1.165, 1.54) is 32.4 Å². The second kappa shape index (κ2) is 7.41. The van der Waals surface area contributed by atoms with Gasteiger partial charge in [0.15, 0.2) is 0 Å². The van der Waals surface area contributed by atoms with Crippen LogP contribution in [0.2, 0.25) is 0 Å². The summed E-state index contributed by atoms with van der Waals surface area (Å²) in [5.41, 5.74) is 1.01. The Morgan fingerprint density at radius 3 is 3.05 bits per heavy atom. The molecule has 0 spiro atoms. The van der Waals surface area contributed by atoms with Gasteiger partial charge in [-0.1, -0.05) is 41.4 Å². The van der Waals surface area contributed by atoms with Crippen molar-refractivity contribution in [2.24, 2.45) is 5.92 Å². The summed E-state index contributed by atoms with van der Waals surface area (Å²) >= 11 is 3.45. The monoisotopic (exact) mass is 325 g/mol. The molecule has 1 N–H and O–H groups in total. The molecule has 2 atom stereocenters. The minimum atomic E-state index is -0.345. The van der Waals surface area contributed by atoms with E-state index < -0.39 is 0 Å². The highest BCUT2D eigenvalue weighted by atomic mass is 79.9. The zero-order valence-electron chi connectivity index (χ0n) is 11.7. The average molecular weight is 326 g/mol. The molecule has 2 unspecified atom stereocenters. The first-order chi connectivity index (χ1) is 9.19. The van der Waals surface area contributed by atoms with Gasteiger partial charge in [-0.25, -0.2) is 0 Å². The van der Waals surface area contributed by atoms with Crippen LogP contribution in [-0.2, 0) is 0 Å². The maximum absolute atomic E-state index is 10.2. The quantitative estimate of drug-likeness (QED) is 0.854. The van der Waals surface area contributed by atoms with Crippen LogP contribution in [0, 0.1) is 5.92 Å². The number of benzene rings is 1. The van der Waals surface area contributed by atoms with E-state index in [4.69, 9.17) is 0 Å². The van der Waals surface area contributed by atoms with Crippen molar-refractivity contribution in [2.45, 2.75) is 38.7 Å². The van der Waals surface area contributed by atoms with Crippen molar-refractivity contribution >= 4 is 15.9 Å². The van der Waals surface area contributed by atoms with Crippen molar-refractivity contribution in [1.82, 2.24) is 4.90 Å². The highest BCUT2D eigenvalue weighted by Crippen LogP contribution is 2.24. The van der Waals surface area contributed by atoms with Crippen LogP contribution in [-0.4, -0.2) is 29.6 Å². The molecule has 0 amide bonds. The van der Waals surface area contributed by atoms with Crippen molar-refractivity contribution in [2.75, 3.05) is 19.6 Å². The van der Waals surface area contributed by atoms with Crippen molar-refractivity contribution in [1.29, 1.82) is 0 Å². The zero-order valence-corrected chi connectivity index (χ0v) is 13.3. The van der Waals surface area contributed by atoms with Gasteiger partial charge in [-0.05, 0) is 49.4 Å². The Bertz CT molecular complexity index is 396. The Hall–Kier alpha value is -0.380. The van der Waals surface area contributed by atoms with Gasteiger partial charge >= 0.3 is 0 Å². The van der Waals surface area contributed by atoms with Gasteiger partial charge in [0.2, 0.25) is 0 Å². The molecular weight excluding hydrogens is 302 g/mol. The summed E-state index contributed by atoms with van der Waals surface area (Å²) < 4.78 is 1.04. The van der Waals surface area contributed by atoms with Crippen molar-refractivity contribution < 1.29 is 5.11 Å². The minimum absolute atomic E-state index is 0.345. The molecule has 1 aromatic rings. The van der Waals surface area contributed by atoms with E-state index in [1.807, 2.05) is 24.3 Å². The average Bonchev–Trinajstić information content (AvgIpc) is 2.84. The largest absolute Gasteiger partial charge is 0.388 e. The molecule has 1 heterocycles. The Morgan fingerprint density at radius 2 is 2.32 bits per heavy atom. The molecule has 0 aromatic heterocycles. The Balaban J connectivity index is 1.76. The molecule has 106 valence electrons. The van der Waals surface area contributed by atoms with Gasteiger partial charge in [0.05, 0.1) is 6.10 Å². The van der Waals surface area contributed by atoms with Crippen LogP contribution in [0.3, 0.4) is 0 Å². The van der Waals surface area contributed by atoms with Gasteiger partial charge in [0.1, 0.15) is 0 Å². The van der Waals surface area contributed by atoms with Crippen LogP contribution in [0.4, 0.5) is 0 Å². The van der Waals surface area contributed by atoms with Crippen LogP contribution < -0.4 is 0 Å². The smallest absolute Gasteiger partial charge is 0.0802 e. The first-order valence-corrected chi connectivity index (χ1v) is 8.14. The fraction of sp³-hybridized carbons (Fsp3) is 0.625. The summed E-state index contributed by atoms with van der Waals surface area (Å²) in [5, 5.41) is 10.2. The van der Waals surface area contributed by atoms with Crippen molar-refractivity contribution in [3.63, 3.8) is 0 Å². The zero-order chi connectivity index (χ0) is 13.7. The second-order valence-corrected chi connectivity index (χ2v) is 6.52. The molecule has 1 saturated heterocycles. The second-order valence-electron chi connectivity index (χ2n) is 5.60. The lowest BCUT2D eigenvalue weighted by Crippen LogP contribution is -2.23. The lowest BCUT2D eigenvalue weighted by Gasteiger charge is -2.18. The molecule has 2 rings (SSSR count). The van der Waals surface area contributed by atoms with Gasteiger partial charge < -0.3 is 10.0 Å². The van der Waals surface area contributed by atoms with Crippen LogP contribution in [0.5, 0.6) is 0 Å². The third kappa shape index (κ3) is 4.59. The maximum Gasteiger partial charge on any atom is 0.0802 e. The molecule has 1 aliphatic heterocycles. The number of aliphatic hydroxyl groups excluding tert-OH is 1. The highest BCUT2D eigenvalue weighted by Gasteiger charge is 2.22. The molecule has 1 fully saturated rings. The highest BCUT2D eigenvalue weighted by molar-refractivity contribution is 9.10. The van der Waals surface area contributed by atoms with E-state index in [1.54, 1.807) is 0 Å². The van der Waals surface area contributed by atoms with Gasteiger partial charge in [0.25, 0.3) is 0 Å². The van der Waals surface area contributed by atoms with Crippen molar-refractivity contribution in [3.05, 3.63) is 34.3 Å². The lowest BCUT2D eigenvalue weighted by atomic mass is 10.0. The fourth-order valence-corrected chi connectivity index (χ4v) is 3.36. The van der Waals surface area contributed by atoms with Gasteiger partial charge in [-0.15, -0.1) is 0 Å².